The van der Waals surface area contributed by atoms with E-state index in [9.17, 15) is 18.4 Å². The molecule has 0 aromatic heterocycles. The van der Waals surface area contributed by atoms with Crippen LogP contribution in [0.25, 0.3) is 0 Å². The number of nitrogens with one attached hydrogen (secondary N) is 1. The molecule has 16 heavy (non-hydrogen) atoms. The fraction of sp³-hybridized carbons (Fsp3) is 0.273. The van der Waals surface area contributed by atoms with Crippen molar-refractivity contribution >= 4 is 11.7 Å². The Morgan fingerprint density at radius 3 is 2.69 bits per heavy atom. The molecule has 1 aromatic carbocycles. The third-order valence-electron chi connectivity index (χ3n) is 2.60. The monoisotopic (exact) mass is 225 g/mol. The molecule has 0 radical (unpaired) electrons. The maximum atomic E-state index is 12.7. The van der Waals surface area contributed by atoms with Crippen LogP contribution in [0, 0.1) is 0 Å². The molecule has 0 aliphatic carbocycles. The average molecular weight is 225 g/mol. The number of ketones is 1. The second-order valence-electron chi connectivity index (χ2n) is 3.63. The number of hydrogen-bond acceptors (Lipinski definition) is 2. The van der Waals surface area contributed by atoms with Gasteiger partial charge in [0, 0.05) is 23.2 Å². The van der Waals surface area contributed by atoms with E-state index in [-0.39, 0.29) is 29.0 Å². The summed E-state index contributed by atoms with van der Waals surface area (Å²) in [5.41, 5.74) is 0.389. The molecule has 0 atom stereocenters. The number of rotatable bonds is 2. The van der Waals surface area contributed by atoms with E-state index in [2.05, 4.69) is 5.32 Å². The summed E-state index contributed by atoms with van der Waals surface area (Å²) in [5.74, 6) is -0.732. The van der Waals surface area contributed by atoms with Crippen LogP contribution in [0.4, 0.5) is 8.78 Å². The van der Waals surface area contributed by atoms with Crippen LogP contribution in [0.5, 0.6) is 0 Å². The largest absolute Gasteiger partial charge is 0.348 e. The van der Waals surface area contributed by atoms with Gasteiger partial charge in [0.15, 0.2) is 5.78 Å². The quantitative estimate of drug-likeness (QED) is 0.783. The molecule has 5 heteroatoms. The van der Waals surface area contributed by atoms with Crippen LogP contribution in [-0.2, 0) is 6.54 Å². The summed E-state index contributed by atoms with van der Waals surface area (Å²) in [6, 6.07) is 2.53. The smallest absolute Gasteiger partial charge is 0.264 e. The summed E-state index contributed by atoms with van der Waals surface area (Å²) in [6.07, 6.45) is -2.68. The number of carbonyl (C=O) groups is 2. The minimum absolute atomic E-state index is 0.103. The third kappa shape index (κ3) is 1.58. The van der Waals surface area contributed by atoms with Crippen LogP contribution in [-0.4, -0.2) is 11.7 Å². The molecule has 0 fully saturated rings. The van der Waals surface area contributed by atoms with E-state index in [1.807, 2.05) is 0 Å². The van der Waals surface area contributed by atoms with E-state index in [0.717, 1.165) is 6.07 Å². The second-order valence-corrected chi connectivity index (χ2v) is 3.63. The first-order valence-corrected chi connectivity index (χ1v) is 4.75. The van der Waals surface area contributed by atoms with Gasteiger partial charge in [0.05, 0.1) is 0 Å². The number of Topliss-reactive ketones (excluding diaryl/α,β-unsaturated/α-hetero) is 1. The Hall–Kier alpha value is -1.78. The normalized spacial score (nSPS) is 13.9. The topological polar surface area (TPSA) is 46.2 Å². The Bertz CT molecular complexity index is 483. The Morgan fingerprint density at radius 2 is 2.12 bits per heavy atom. The highest BCUT2D eigenvalue weighted by Gasteiger charge is 2.26. The van der Waals surface area contributed by atoms with Crippen molar-refractivity contribution in [2.75, 3.05) is 0 Å². The molecule has 1 heterocycles. The van der Waals surface area contributed by atoms with Gasteiger partial charge in [-0.2, -0.15) is 0 Å². The zero-order valence-electron chi connectivity index (χ0n) is 8.51. The van der Waals surface area contributed by atoms with Gasteiger partial charge < -0.3 is 5.32 Å². The molecule has 3 nitrogen and oxygen atoms in total. The molecule has 84 valence electrons. The summed E-state index contributed by atoms with van der Waals surface area (Å²) >= 11 is 0. The van der Waals surface area contributed by atoms with Gasteiger partial charge in [-0.25, -0.2) is 8.78 Å². The van der Waals surface area contributed by atoms with Gasteiger partial charge >= 0.3 is 0 Å². The summed E-state index contributed by atoms with van der Waals surface area (Å²) in [6.45, 7) is 1.38. The Labute approximate surface area is 90.5 Å². The van der Waals surface area contributed by atoms with E-state index >= 15 is 0 Å². The first-order valence-electron chi connectivity index (χ1n) is 4.75. The molecule has 0 saturated heterocycles. The van der Waals surface area contributed by atoms with Crippen LogP contribution >= 0.6 is 0 Å². The number of amides is 1. The van der Waals surface area contributed by atoms with Gasteiger partial charge in [0.1, 0.15) is 0 Å². The maximum absolute atomic E-state index is 12.7. The molecule has 0 spiro atoms. The average Bonchev–Trinajstić information content (AvgIpc) is 2.59. The van der Waals surface area contributed by atoms with Crippen molar-refractivity contribution in [1.82, 2.24) is 5.32 Å². The molecule has 1 aliphatic heterocycles. The lowest BCUT2D eigenvalue weighted by atomic mass is 9.98. The Balaban J connectivity index is 2.66. The van der Waals surface area contributed by atoms with Gasteiger partial charge in [0.2, 0.25) is 0 Å². The summed E-state index contributed by atoms with van der Waals surface area (Å²) in [5, 5.41) is 2.46. The van der Waals surface area contributed by atoms with Crippen LogP contribution in [0.1, 0.15) is 45.2 Å². The van der Waals surface area contributed by atoms with Gasteiger partial charge in [-0.05, 0) is 24.6 Å². The number of halogens is 2. The lowest BCUT2D eigenvalue weighted by molar-refractivity contribution is 0.0965. The SMILES string of the molecule is CC(=O)c1cc2c(c(C(F)F)c1)CNC2=O. The lowest BCUT2D eigenvalue weighted by Crippen LogP contribution is -2.12. The number of carbonyl (C=O) groups excluding carboxylic acids is 2. The lowest BCUT2D eigenvalue weighted by Gasteiger charge is -2.07. The van der Waals surface area contributed by atoms with Crippen molar-refractivity contribution in [2.45, 2.75) is 19.9 Å². The van der Waals surface area contributed by atoms with Crippen molar-refractivity contribution < 1.29 is 18.4 Å². The summed E-state index contributed by atoms with van der Waals surface area (Å²) < 4.78 is 25.5. The highest BCUT2D eigenvalue weighted by atomic mass is 19.3. The predicted octanol–water partition coefficient (Wildman–Crippen LogP) is 2.07. The molecule has 0 saturated carbocycles. The molecular weight excluding hydrogens is 216 g/mol. The highest BCUT2D eigenvalue weighted by molar-refractivity contribution is 6.02. The molecule has 1 aromatic rings. The van der Waals surface area contributed by atoms with E-state index in [1.54, 1.807) is 0 Å². The second kappa shape index (κ2) is 3.66. The van der Waals surface area contributed by atoms with Crippen LogP contribution < -0.4 is 5.32 Å². The van der Waals surface area contributed by atoms with Crippen molar-refractivity contribution in [1.29, 1.82) is 0 Å². The summed E-state index contributed by atoms with van der Waals surface area (Å²) in [7, 11) is 0. The minimum atomic E-state index is -2.68. The number of hydrogen-bond donors (Lipinski definition) is 1. The fourth-order valence-corrected chi connectivity index (χ4v) is 1.76. The van der Waals surface area contributed by atoms with Crippen LogP contribution in [0.2, 0.25) is 0 Å². The summed E-state index contributed by atoms with van der Waals surface area (Å²) in [4.78, 5) is 22.5. The first kappa shape index (κ1) is 10.7. The van der Waals surface area contributed by atoms with E-state index in [1.165, 1.54) is 13.0 Å². The standard InChI is InChI=1S/C11H9F2NO2/c1-5(15)6-2-7(10(12)13)9-4-14-11(16)8(9)3-6/h2-3,10H,4H2,1H3,(H,14,16). The van der Waals surface area contributed by atoms with Crippen molar-refractivity contribution in [3.05, 3.63) is 34.4 Å². The van der Waals surface area contributed by atoms with Crippen molar-refractivity contribution in [2.24, 2.45) is 0 Å². The van der Waals surface area contributed by atoms with Gasteiger partial charge in [0.25, 0.3) is 12.3 Å². The third-order valence-corrected chi connectivity index (χ3v) is 2.60. The molecule has 0 unspecified atom stereocenters. The molecule has 2 rings (SSSR count). The first-order chi connectivity index (χ1) is 7.50. The fourth-order valence-electron chi connectivity index (χ4n) is 1.76. The van der Waals surface area contributed by atoms with E-state index < -0.39 is 12.3 Å². The Kier molecular flexibility index (Phi) is 2.46. The van der Waals surface area contributed by atoms with Gasteiger partial charge in [-0.1, -0.05) is 0 Å². The predicted molar refractivity (Wildman–Crippen MR) is 52.6 cm³/mol. The molecule has 1 amide bonds. The number of fused-ring (bicyclic) bond motifs is 1. The molecule has 1 N–H and O–H groups in total. The van der Waals surface area contributed by atoms with Gasteiger partial charge in [-0.3, -0.25) is 9.59 Å². The highest BCUT2D eigenvalue weighted by Crippen LogP contribution is 2.30. The van der Waals surface area contributed by atoms with E-state index in [0.29, 0.717) is 5.56 Å². The number of alkyl halides is 2. The Morgan fingerprint density at radius 1 is 1.44 bits per heavy atom. The van der Waals surface area contributed by atoms with Crippen LogP contribution in [0.15, 0.2) is 12.1 Å². The zero-order chi connectivity index (χ0) is 11.9. The zero-order valence-corrected chi connectivity index (χ0v) is 8.51. The van der Waals surface area contributed by atoms with Crippen LogP contribution in [0.3, 0.4) is 0 Å². The van der Waals surface area contributed by atoms with Gasteiger partial charge in [-0.15, -0.1) is 0 Å². The van der Waals surface area contributed by atoms with E-state index in [4.69, 9.17) is 0 Å². The molecule has 0 bridgehead atoms. The molecule has 1 aliphatic rings. The van der Waals surface area contributed by atoms with Crippen molar-refractivity contribution in [3.63, 3.8) is 0 Å². The minimum Gasteiger partial charge on any atom is -0.348 e. The van der Waals surface area contributed by atoms with Crippen molar-refractivity contribution in [3.8, 4) is 0 Å². The molecular formula is C11H9F2NO2. The maximum Gasteiger partial charge on any atom is 0.264 e. The number of benzene rings is 1.